The van der Waals surface area contributed by atoms with Gasteiger partial charge in [-0.05, 0) is 12.5 Å². The average Bonchev–Trinajstić information content (AvgIpc) is 2.36. The smallest absolute Gasteiger partial charge is 0.337 e. The number of benzene rings is 1. The lowest BCUT2D eigenvalue weighted by Crippen LogP contribution is -2.20. The molecule has 5 nitrogen and oxygen atoms in total. The minimum absolute atomic E-state index is 0.328. The minimum atomic E-state index is -1.58. The second-order valence-corrected chi connectivity index (χ2v) is 4.72. The highest BCUT2D eigenvalue weighted by Gasteiger charge is 2.28. The van der Waals surface area contributed by atoms with Gasteiger partial charge in [-0.25, -0.2) is 4.79 Å². The maximum Gasteiger partial charge on any atom is 0.337 e. The van der Waals surface area contributed by atoms with Crippen molar-refractivity contribution in [3.63, 3.8) is 0 Å². The molecule has 1 heterocycles. The second kappa shape index (κ2) is 5.16. The Morgan fingerprint density at radius 2 is 2.17 bits per heavy atom. The van der Waals surface area contributed by atoms with E-state index >= 15 is 0 Å². The minimum Gasteiger partial charge on any atom is -0.486 e. The van der Waals surface area contributed by atoms with Crippen LogP contribution in [0.2, 0.25) is 0 Å². The first-order chi connectivity index (χ1) is 8.56. The summed E-state index contributed by atoms with van der Waals surface area (Å²) in [4.78, 5) is 10.9. The van der Waals surface area contributed by atoms with Crippen LogP contribution in [0, 0.1) is 0 Å². The molecule has 0 aliphatic carbocycles. The fourth-order valence-corrected chi connectivity index (χ4v) is 2.67. The third kappa shape index (κ3) is 2.18. The fourth-order valence-electron chi connectivity index (χ4n) is 2.00. The molecule has 0 amide bonds. The van der Waals surface area contributed by atoms with E-state index in [2.05, 4.69) is 15.9 Å². The molecule has 98 valence electrons. The fraction of sp³-hybridized carbons (Fsp3) is 0.417. The van der Waals surface area contributed by atoms with Crippen LogP contribution in [0.15, 0.2) is 10.5 Å². The van der Waals surface area contributed by atoms with Crippen LogP contribution in [0.25, 0.3) is 0 Å². The summed E-state index contributed by atoms with van der Waals surface area (Å²) in [6.07, 6.45) is -1.03. The maximum absolute atomic E-state index is 10.9. The molecule has 0 fully saturated rings. The van der Waals surface area contributed by atoms with Gasteiger partial charge in [0.15, 0.2) is 17.6 Å². The van der Waals surface area contributed by atoms with E-state index in [1.165, 1.54) is 0 Å². The van der Waals surface area contributed by atoms with Gasteiger partial charge < -0.3 is 19.7 Å². The zero-order valence-electron chi connectivity index (χ0n) is 9.77. The van der Waals surface area contributed by atoms with Gasteiger partial charge in [0.05, 0.1) is 0 Å². The lowest BCUT2D eigenvalue weighted by atomic mass is 9.98. The van der Waals surface area contributed by atoms with Gasteiger partial charge in [-0.1, -0.05) is 22.9 Å². The van der Waals surface area contributed by atoms with E-state index in [1.54, 1.807) is 6.07 Å². The summed E-state index contributed by atoms with van der Waals surface area (Å²) < 4.78 is 11.5. The Kier molecular flexibility index (Phi) is 3.77. The van der Waals surface area contributed by atoms with Crippen LogP contribution in [0.3, 0.4) is 0 Å². The number of carboxylic acids is 1. The number of hydrogen-bond acceptors (Lipinski definition) is 4. The van der Waals surface area contributed by atoms with Crippen molar-refractivity contribution in [2.24, 2.45) is 0 Å². The molecule has 2 N–H and O–H groups in total. The average molecular weight is 317 g/mol. The van der Waals surface area contributed by atoms with Crippen LogP contribution in [-0.2, 0) is 11.2 Å². The predicted octanol–water partition coefficient (Wildman–Crippen LogP) is 1.90. The van der Waals surface area contributed by atoms with E-state index < -0.39 is 12.1 Å². The van der Waals surface area contributed by atoms with E-state index in [9.17, 15) is 9.90 Å². The molecule has 18 heavy (non-hydrogen) atoms. The highest BCUT2D eigenvalue weighted by molar-refractivity contribution is 9.10. The van der Waals surface area contributed by atoms with Crippen LogP contribution in [0.5, 0.6) is 11.5 Å². The Bertz CT molecular complexity index is 486. The van der Waals surface area contributed by atoms with Crippen molar-refractivity contribution in [3.05, 3.63) is 21.7 Å². The summed E-state index contributed by atoms with van der Waals surface area (Å²) in [7, 11) is 0. The summed E-state index contributed by atoms with van der Waals surface area (Å²) in [5, 5.41) is 18.7. The predicted molar refractivity (Wildman–Crippen MR) is 67.1 cm³/mol. The monoisotopic (exact) mass is 316 g/mol. The van der Waals surface area contributed by atoms with Crippen molar-refractivity contribution in [3.8, 4) is 11.5 Å². The number of fused-ring (bicyclic) bond motifs is 1. The Balaban J connectivity index is 2.61. The molecule has 1 aliphatic heterocycles. The molecule has 1 aromatic carbocycles. The van der Waals surface area contributed by atoms with E-state index in [0.717, 1.165) is 0 Å². The van der Waals surface area contributed by atoms with E-state index in [-0.39, 0.29) is 0 Å². The lowest BCUT2D eigenvalue weighted by molar-refractivity contribution is -0.147. The molecule has 0 bridgehead atoms. The highest BCUT2D eigenvalue weighted by atomic mass is 79.9. The second-order valence-electron chi connectivity index (χ2n) is 3.87. The molecule has 1 aromatic rings. The van der Waals surface area contributed by atoms with Gasteiger partial charge in [0, 0.05) is 15.6 Å². The van der Waals surface area contributed by atoms with Gasteiger partial charge in [-0.2, -0.15) is 0 Å². The molecule has 2 rings (SSSR count). The van der Waals surface area contributed by atoms with Crippen LogP contribution >= 0.6 is 15.9 Å². The standard InChI is InChI=1S/C12H13BrO5/c1-2-6-9(10(14)12(15)16)7(13)5-8-11(6)18-4-3-17-8/h5,10,14H,2-4H2,1H3,(H,15,16). The van der Waals surface area contributed by atoms with Gasteiger partial charge in [-0.15, -0.1) is 0 Å². The molecule has 0 radical (unpaired) electrons. The summed E-state index contributed by atoms with van der Waals surface area (Å²) in [5.74, 6) is -0.185. The Hall–Kier alpha value is -1.27. The normalized spacial score (nSPS) is 15.3. The number of aliphatic carboxylic acids is 1. The molecule has 0 aromatic heterocycles. The first-order valence-electron chi connectivity index (χ1n) is 5.58. The molecule has 6 heteroatoms. The maximum atomic E-state index is 10.9. The third-order valence-corrected chi connectivity index (χ3v) is 3.44. The topological polar surface area (TPSA) is 76.0 Å². The van der Waals surface area contributed by atoms with Crippen molar-refractivity contribution in [1.29, 1.82) is 0 Å². The zero-order valence-corrected chi connectivity index (χ0v) is 11.4. The lowest BCUT2D eigenvalue weighted by Gasteiger charge is -2.24. The van der Waals surface area contributed by atoms with Crippen LogP contribution < -0.4 is 9.47 Å². The number of hydrogen-bond donors (Lipinski definition) is 2. The van der Waals surface area contributed by atoms with Crippen LogP contribution in [0.1, 0.15) is 24.2 Å². The van der Waals surface area contributed by atoms with Crippen LogP contribution in [0.4, 0.5) is 0 Å². The van der Waals surface area contributed by atoms with E-state index in [4.69, 9.17) is 14.6 Å². The van der Waals surface area contributed by atoms with E-state index in [0.29, 0.717) is 46.7 Å². The molecule has 1 atom stereocenters. The van der Waals surface area contributed by atoms with Gasteiger partial charge in [0.25, 0.3) is 0 Å². The van der Waals surface area contributed by atoms with Gasteiger partial charge >= 0.3 is 5.97 Å². The van der Waals surface area contributed by atoms with Gasteiger partial charge in [0.2, 0.25) is 0 Å². The first-order valence-corrected chi connectivity index (χ1v) is 6.37. The molecule has 0 saturated heterocycles. The molecule has 0 saturated carbocycles. The third-order valence-electron chi connectivity index (χ3n) is 2.79. The Labute approximate surface area is 112 Å². The first kappa shape index (κ1) is 13.2. The molecule has 0 spiro atoms. The number of carboxylic acid groups (broad SMARTS) is 1. The van der Waals surface area contributed by atoms with E-state index in [1.807, 2.05) is 6.92 Å². The number of halogens is 1. The van der Waals surface area contributed by atoms with Crippen molar-refractivity contribution in [1.82, 2.24) is 0 Å². The van der Waals surface area contributed by atoms with Crippen molar-refractivity contribution in [2.75, 3.05) is 13.2 Å². The molecular formula is C12H13BrO5. The number of rotatable bonds is 3. The number of aliphatic hydroxyl groups excluding tert-OH is 1. The summed E-state index contributed by atoms with van der Waals surface area (Å²) in [5.41, 5.74) is 0.989. The van der Waals surface area contributed by atoms with Crippen molar-refractivity contribution >= 4 is 21.9 Å². The molecule has 1 aliphatic rings. The van der Waals surface area contributed by atoms with Crippen LogP contribution in [-0.4, -0.2) is 29.4 Å². The SMILES string of the molecule is CCc1c2c(cc(Br)c1C(O)C(=O)O)OCCO2. The molecule has 1 unspecified atom stereocenters. The summed E-state index contributed by atoms with van der Waals surface area (Å²) >= 11 is 3.28. The summed E-state index contributed by atoms with van der Waals surface area (Å²) in [6, 6.07) is 1.63. The van der Waals surface area contributed by atoms with Gasteiger partial charge in [0.1, 0.15) is 13.2 Å². The van der Waals surface area contributed by atoms with Gasteiger partial charge in [-0.3, -0.25) is 0 Å². The Morgan fingerprint density at radius 3 is 2.78 bits per heavy atom. The largest absolute Gasteiger partial charge is 0.486 e. The molecular weight excluding hydrogens is 304 g/mol. The number of ether oxygens (including phenoxy) is 2. The van der Waals surface area contributed by atoms with Crippen molar-refractivity contribution < 1.29 is 24.5 Å². The zero-order chi connectivity index (χ0) is 13.3. The number of aliphatic hydroxyl groups is 1. The summed E-state index contributed by atoms with van der Waals surface area (Å²) in [6.45, 7) is 2.76. The van der Waals surface area contributed by atoms with Crippen molar-refractivity contribution in [2.45, 2.75) is 19.4 Å². The Morgan fingerprint density at radius 1 is 1.50 bits per heavy atom. The highest BCUT2D eigenvalue weighted by Crippen LogP contribution is 2.42. The quantitative estimate of drug-likeness (QED) is 0.890. The number of carbonyl (C=O) groups is 1.